The Morgan fingerprint density at radius 2 is 1.88 bits per heavy atom. The molecule has 0 amide bonds. The van der Waals surface area contributed by atoms with Crippen molar-refractivity contribution in [3.63, 3.8) is 0 Å². The number of halogens is 4. The molecule has 1 atom stereocenters. The zero-order valence-electron chi connectivity index (χ0n) is 7.88. The maximum absolute atomic E-state index is 6.41. The van der Waals surface area contributed by atoms with Gasteiger partial charge in [-0.3, -0.25) is 0 Å². The molecule has 0 aliphatic carbocycles. The molecule has 0 radical (unpaired) electrons. The molecule has 5 heteroatoms. The summed E-state index contributed by atoms with van der Waals surface area (Å²) in [6, 6.07) is 7.76. The van der Waals surface area contributed by atoms with Gasteiger partial charge in [0.1, 0.15) is 0 Å². The second kappa shape index (κ2) is 5.40. The molecule has 2 aromatic rings. The van der Waals surface area contributed by atoms with E-state index in [0.29, 0.717) is 5.02 Å². The Kier molecular flexibility index (Phi) is 4.36. The van der Waals surface area contributed by atoms with Gasteiger partial charge in [0.05, 0.1) is 10.4 Å². The number of alkyl halides is 1. The Bertz CT molecular complexity index is 510. The van der Waals surface area contributed by atoms with Crippen molar-refractivity contribution < 1.29 is 0 Å². The minimum atomic E-state index is -0.167. The topological polar surface area (TPSA) is 0 Å². The molecule has 1 unspecified atom stereocenters. The lowest BCUT2D eigenvalue weighted by molar-refractivity contribution is 1.17. The van der Waals surface area contributed by atoms with E-state index in [4.69, 9.17) is 23.2 Å². The molecule has 0 bridgehead atoms. The summed E-state index contributed by atoms with van der Waals surface area (Å²) in [5, 5.41) is 2.52. The van der Waals surface area contributed by atoms with Crippen LogP contribution in [0, 0.1) is 0 Å². The van der Waals surface area contributed by atoms with Gasteiger partial charge in [-0.2, -0.15) is 0 Å². The zero-order valence-corrected chi connectivity index (χ0v) is 13.4. The predicted octanol–water partition coefficient (Wildman–Crippen LogP) is 6.25. The van der Waals surface area contributed by atoms with E-state index in [1.165, 1.54) is 0 Å². The van der Waals surface area contributed by atoms with E-state index in [1.807, 2.05) is 29.6 Å². The Morgan fingerprint density at radius 3 is 2.44 bits per heavy atom. The van der Waals surface area contributed by atoms with Crippen LogP contribution in [0.3, 0.4) is 0 Å². The molecule has 0 saturated carbocycles. The molecule has 0 nitrogen and oxygen atoms in total. The van der Waals surface area contributed by atoms with Gasteiger partial charge in [-0.25, -0.2) is 0 Å². The fourth-order valence-electron chi connectivity index (χ4n) is 1.31. The molecule has 0 fully saturated rings. The summed E-state index contributed by atoms with van der Waals surface area (Å²) >= 11 is 20.9. The van der Waals surface area contributed by atoms with Crippen LogP contribution in [0.25, 0.3) is 0 Å². The third kappa shape index (κ3) is 2.65. The summed E-state index contributed by atoms with van der Waals surface area (Å²) in [7, 11) is 0. The van der Waals surface area contributed by atoms with E-state index in [2.05, 4.69) is 31.9 Å². The third-order valence-corrected chi connectivity index (χ3v) is 5.88. The second-order valence-electron chi connectivity index (χ2n) is 3.17. The first-order chi connectivity index (χ1) is 7.59. The summed E-state index contributed by atoms with van der Waals surface area (Å²) in [6.45, 7) is 0. The van der Waals surface area contributed by atoms with Crippen molar-refractivity contribution in [1.82, 2.24) is 0 Å². The molecule has 0 N–H and O–H groups in total. The van der Waals surface area contributed by atoms with Crippen molar-refractivity contribution in [1.29, 1.82) is 0 Å². The van der Waals surface area contributed by atoms with Gasteiger partial charge in [0.2, 0.25) is 0 Å². The average molecular weight is 401 g/mol. The van der Waals surface area contributed by atoms with E-state index in [-0.39, 0.29) is 5.38 Å². The molecular weight excluding hydrogens is 395 g/mol. The van der Waals surface area contributed by atoms with Gasteiger partial charge in [0.25, 0.3) is 0 Å². The summed E-state index contributed by atoms with van der Waals surface area (Å²) < 4.78 is 1.92. The smallest absolute Gasteiger partial charge is 0.0939 e. The Balaban J connectivity index is 2.38. The quantitative estimate of drug-likeness (QED) is 0.522. The number of rotatable bonds is 2. The lowest BCUT2D eigenvalue weighted by Crippen LogP contribution is -1.91. The van der Waals surface area contributed by atoms with Crippen LogP contribution in [-0.4, -0.2) is 0 Å². The number of thiophene rings is 1. The number of hydrogen-bond donors (Lipinski definition) is 0. The van der Waals surface area contributed by atoms with Crippen LogP contribution in [0.15, 0.2) is 38.6 Å². The van der Waals surface area contributed by atoms with Crippen molar-refractivity contribution in [3.05, 3.63) is 54.1 Å². The van der Waals surface area contributed by atoms with Gasteiger partial charge < -0.3 is 0 Å². The van der Waals surface area contributed by atoms with Crippen LogP contribution in [0.4, 0.5) is 0 Å². The highest BCUT2D eigenvalue weighted by Crippen LogP contribution is 2.39. The lowest BCUT2D eigenvalue weighted by Gasteiger charge is -2.09. The van der Waals surface area contributed by atoms with Crippen LogP contribution in [0.2, 0.25) is 5.02 Å². The van der Waals surface area contributed by atoms with Gasteiger partial charge in [-0.05, 0) is 61.0 Å². The summed E-state index contributed by atoms with van der Waals surface area (Å²) in [5.74, 6) is 0. The zero-order chi connectivity index (χ0) is 11.7. The van der Waals surface area contributed by atoms with E-state index in [0.717, 1.165) is 19.4 Å². The van der Waals surface area contributed by atoms with Crippen LogP contribution in [-0.2, 0) is 0 Å². The fourth-order valence-corrected chi connectivity index (χ4v) is 3.89. The summed E-state index contributed by atoms with van der Waals surface area (Å²) in [4.78, 5) is 1.10. The fraction of sp³-hybridized carbons (Fsp3) is 0.0909. The molecule has 0 aliphatic rings. The van der Waals surface area contributed by atoms with E-state index in [1.54, 1.807) is 11.3 Å². The highest BCUT2D eigenvalue weighted by Gasteiger charge is 2.16. The van der Waals surface area contributed by atoms with Crippen molar-refractivity contribution in [2.75, 3.05) is 0 Å². The second-order valence-corrected chi connectivity index (χ2v) is 6.67. The minimum absolute atomic E-state index is 0.167. The molecule has 2 rings (SSSR count). The highest BCUT2D eigenvalue weighted by molar-refractivity contribution is 9.10. The normalized spacial score (nSPS) is 12.8. The maximum atomic E-state index is 6.41. The lowest BCUT2D eigenvalue weighted by atomic mass is 10.1. The molecule has 16 heavy (non-hydrogen) atoms. The standard InChI is InChI=1S/C11H6Br2Cl2S/c12-7-2-1-6(5-9(7)14)10(15)11-8(13)3-4-16-11/h1-5,10H. The SMILES string of the molecule is Clc1cc(C(Cl)c2sccc2Br)ccc1Br. The van der Waals surface area contributed by atoms with Crippen LogP contribution < -0.4 is 0 Å². The Labute approximate surface area is 125 Å². The molecule has 0 aliphatic heterocycles. The molecule has 1 aromatic heterocycles. The Morgan fingerprint density at radius 1 is 1.12 bits per heavy atom. The first-order valence-electron chi connectivity index (χ1n) is 4.41. The van der Waals surface area contributed by atoms with Crippen molar-refractivity contribution in [2.24, 2.45) is 0 Å². The molecular formula is C11H6Br2Cl2S. The first-order valence-corrected chi connectivity index (χ1v) is 7.69. The van der Waals surface area contributed by atoms with Gasteiger partial charge in [-0.1, -0.05) is 17.7 Å². The molecule has 84 valence electrons. The number of benzene rings is 1. The monoisotopic (exact) mass is 398 g/mol. The Hall–Kier alpha value is 0.460. The third-order valence-electron chi connectivity index (χ3n) is 2.11. The van der Waals surface area contributed by atoms with Crippen molar-refractivity contribution >= 4 is 66.4 Å². The van der Waals surface area contributed by atoms with Crippen LogP contribution in [0.1, 0.15) is 15.8 Å². The predicted molar refractivity (Wildman–Crippen MR) is 78.9 cm³/mol. The number of hydrogen-bond acceptors (Lipinski definition) is 1. The largest absolute Gasteiger partial charge is 0.146 e. The van der Waals surface area contributed by atoms with Crippen LogP contribution >= 0.6 is 66.4 Å². The van der Waals surface area contributed by atoms with Crippen molar-refractivity contribution in [3.8, 4) is 0 Å². The molecule has 0 saturated heterocycles. The average Bonchev–Trinajstić information content (AvgIpc) is 2.67. The molecule has 1 aromatic carbocycles. The highest BCUT2D eigenvalue weighted by atomic mass is 79.9. The first kappa shape index (κ1) is 12.9. The van der Waals surface area contributed by atoms with E-state index in [9.17, 15) is 0 Å². The molecule has 1 heterocycles. The van der Waals surface area contributed by atoms with Gasteiger partial charge in [0, 0.05) is 13.8 Å². The van der Waals surface area contributed by atoms with Crippen LogP contribution in [0.5, 0.6) is 0 Å². The van der Waals surface area contributed by atoms with Gasteiger partial charge in [0.15, 0.2) is 0 Å². The van der Waals surface area contributed by atoms with E-state index < -0.39 is 0 Å². The van der Waals surface area contributed by atoms with E-state index >= 15 is 0 Å². The minimum Gasteiger partial charge on any atom is -0.146 e. The van der Waals surface area contributed by atoms with Crippen molar-refractivity contribution in [2.45, 2.75) is 5.38 Å². The summed E-state index contributed by atoms with van der Waals surface area (Å²) in [5.41, 5.74) is 0.998. The molecule has 0 spiro atoms. The van der Waals surface area contributed by atoms with Gasteiger partial charge in [-0.15, -0.1) is 22.9 Å². The summed E-state index contributed by atoms with van der Waals surface area (Å²) in [6.07, 6.45) is 0. The maximum Gasteiger partial charge on any atom is 0.0939 e. The van der Waals surface area contributed by atoms with Gasteiger partial charge >= 0.3 is 0 Å².